The Morgan fingerprint density at radius 2 is 2.03 bits per heavy atom. The number of alkyl halides is 2. The highest BCUT2D eigenvalue weighted by molar-refractivity contribution is 5.85. The van der Waals surface area contributed by atoms with Gasteiger partial charge in [-0.2, -0.15) is 0 Å². The maximum absolute atomic E-state index is 15.5. The number of hydrogen-bond acceptors (Lipinski definition) is 5. The highest BCUT2D eigenvalue weighted by Gasteiger charge is 2.46. The fourth-order valence-corrected chi connectivity index (χ4v) is 5.73. The summed E-state index contributed by atoms with van der Waals surface area (Å²) in [6.07, 6.45) is -0.213. The molecule has 0 radical (unpaired) electrons. The number of nitrogens with one attached hydrogen (secondary N) is 1. The number of H-pyrrole nitrogens is 1. The molecule has 210 valence electrons. The largest absolute Gasteiger partial charge is 0.492 e. The van der Waals surface area contributed by atoms with Crippen LogP contribution < -0.4 is 9.47 Å². The number of amides is 1. The van der Waals surface area contributed by atoms with Crippen molar-refractivity contribution in [2.45, 2.75) is 37.5 Å². The standard InChI is InChI=1S/C29H35F2N3O5/c1-19-15-22-20-7-3-4-9-23(20)32-25(22)26(34(19)16-29(31)17-38-18-29)21-8-5-10-24(27(21)37-2)39-14-13-33(28(35)36)12-6-11-30/h3-5,7-10,19,26,32H,6,11-18H2,1-2H3,(H,35,36)/t19-,26-/m1/s1. The molecule has 0 spiro atoms. The zero-order chi connectivity index (χ0) is 27.6. The van der Waals surface area contributed by atoms with E-state index in [0.29, 0.717) is 11.5 Å². The van der Waals surface area contributed by atoms with Crippen molar-refractivity contribution >= 4 is 17.0 Å². The summed E-state index contributed by atoms with van der Waals surface area (Å²) < 4.78 is 45.2. The number of methoxy groups -OCH3 is 1. The van der Waals surface area contributed by atoms with E-state index in [1.54, 1.807) is 13.2 Å². The van der Waals surface area contributed by atoms with Crippen LogP contribution >= 0.6 is 0 Å². The molecule has 1 saturated heterocycles. The lowest BCUT2D eigenvalue weighted by molar-refractivity contribution is -0.147. The molecule has 3 heterocycles. The fourth-order valence-electron chi connectivity index (χ4n) is 5.73. The topological polar surface area (TPSA) is 87.3 Å². The van der Waals surface area contributed by atoms with Crippen LogP contribution in [0.3, 0.4) is 0 Å². The van der Waals surface area contributed by atoms with E-state index in [-0.39, 0.29) is 58.0 Å². The van der Waals surface area contributed by atoms with E-state index in [9.17, 15) is 14.3 Å². The van der Waals surface area contributed by atoms with E-state index in [0.717, 1.165) is 33.5 Å². The summed E-state index contributed by atoms with van der Waals surface area (Å²) in [6.45, 7) is 2.15. The maximum Gasteiger partial charge on any atom is 0.407 e. The number of carboxylic acid groups (broad SMARTS) is 1. The molecule has 5 rings (SSSR count). The predicted molar refractivity (Wildman–Crippen MR) is 143 cm³/mol. The zero-order valence-electron chi connectivity index (χ0n) is 22.3. The molecule has 10 heteroatoms. The molecular weight excluding hydrogens is 508 g/mol. The van der Waals surface area contributed by atoms with E-state index in [1.165, 1.54) is 5.56 Å². The normalized spacial score (nSPS) is 20.3. The number of nitrogens with zero attached hydrogens (tertiary/aromatic N) is 2. The molecule has 2 aromatic carbocycles. The van der Waals surface area contributed by atoms with E-state index >= 15 is 4.39 Å². The number of carbonyl (C=O) groups is 1. The molecule has 2 N–H and O–H groups in total. The van der Waals surface area contributed by atoms with Crippen LogP contribution in [0.2, 0.25) is 0 Å². The van der Waals surface area contributed by atoms with Crippen molar-refractivity contribution in [2.24, 2.45) is 0 Å². The van der Waals surface area contributed by atoms with Crippen LogP contribution in [-0.2, 0) is 11.2 Å². The minimum absolute atomic E-state index is 0.0452. The molecule has 8 nitrogen and oxygen atoms in total. The van der Waals surface area contributed by atoms with E-state index in [4.69, 9.17) is 14.2 Å². The average molecular weight is 544 g/mol. The first-order valence-corrected chi connectivity index (χ1v) is 13.3. The van der Waals surface area contributed by atoms with Crippen LogP contribution in [0.4, 0.5) is 13.6 Å². The smallest absolute Gasteiger partial charge is 0.407 e. The molecule has 0 aliphatic carbocycles. The Bertz CT molecular complexity index is 1310. The highest BCUT2D eigenvalue weighted by Crippen LogP contribution is 2.46. The van der Waals surface area contributed by atoms with Crippen LogP contribution in [-0.4, -0.2) is 90.9 Å². The molecule has 3 aromatic rings. The third kappa shape index (κ3) is 5.40. The summed E-state index contributed by atoms with van der Waals surface area (Å²) in [4.78, 5) is 18.4. The van der Waals surface area contributed by atoms with Crippen LogP contribution in [0.15, 0.2) is 42.5 Å². The third-order valence-electron chi connectivity index (χ3n) is 7.66. The molecule has 2 aliphatic rings. The Kier molecular flexibility index (Phi) is 7.95. The Balaban J connectivity index is 1.50. The summed E-state index contributed by atoms with van der Waals surface area (Å²) in [5, 5.41) is 10.6. The van der Waals surface area contributed by atoms with Crippen LogP contribution in [0.1, 0.15) is 36.2 Å². The molecule has 0 bridgehead atoms. The number of rotatable bonds is 11. The summed E-state index contributed by atoms with van der Waals surface area (Å²) in [6, 6.07) is 13.5. The molecule has 1 fully saturated rings. The first-order chi connectivity index (χ1) is 18.8. The Morgan fingerprint density at radius 3 is 2.72 bits per heavy atom. The van der Waals surface area contributed by atoms with Gasteiger partial charge in [0.25, 0.3) is 0 Å². The van der Waals surface area contributed by atoms with Gasteiger partial charge in [-0.3, -0.25) is 9.29 Å². The van der Waals surface area contributed by atoms with Crippen molar-refractivity contribution in [3.8, 4) is 11.5 Å². The van der Waals surface area contributed by atoms with Crippen LogP contribution in [0.25, 0.3) is 10.9 Å². The quantitative estimate of drug-likeness (QED) is 0.355. The monoisotopic (exact) mass is 543 g/mol. The molecule has 1 amide bonds. The molecule has 2 aliphatic heterocycles. The minimum atomic E-state index is -1.42. The number of ether oxygens (including phenoxy) is 3. The minimum Gasteiger partial charge on any atom is -0.492 e. The van der Waals surface area contributed by atoms with E-state index < -0.39 is 18.4 Å². The van der Waals surface area contributed by atoms with Gasteiger partial charge in [-0.25, -0.2) is 9.18 Å². The van der Waals surface area contributed by atoms with Crippen LogP contribution in [0.5, 0.6) is 11.5 Å². The lowest BCUT2D eigenvalue weighted by Crippen LogP contribution is -2.57. The van der Waals surface area contributed by atoms with Crippen molar-refractivity contribution in [3.63, 3.8) is 0 Å². The van der Waals surface area contributed by atoms with Crippen molar-refractivity contribution in [2.75, 3.05) is 53.2 Å². The number of benzene rings is 2. The molecule has 2 atom stereocenters. The molecule has 1 aromatic heterocycles. The summed E-state index contributed by atoms with van der Waals surface area (Å²) in [5.74, 6) is 0.971. The predicted octanol–water partition coefficient (Wildman–Crippen LogP) is 4.97. The van der Waals surface area contributed by atoms with Gasteiger partial charge in [0.1, 0.15) is 6.61 Å². The van der Waals surface area contributed by atoms with Gasteiger partial charge in [-0.15, -0.1) is 0 Å². The van der Waals surface area contributed by atoms with Crippen LogP contribution in [0, 0.1) is 0 Å². The van der Waals surface area contributed by atoms with Gasteiger partial charge in [0, 0.05) is 41.3 Å². The highest BCUT2D eigenvalue weighted by atomic mass is 19.1. The first kappa shape index (κ1) is 27.2. The Labute approximate surface area is 226 Å². The van der Waals surface area contributed by atoms with E-state index in [2.05, 4.69) is 22.9 Å². The number of fused-ring (bicyclic) bond motifs is 3. The second-order valence-corrected chi connectivity index (χ2v) is 10.4. The first-order valence-electron chi connectivity index (χ1n) is 13.3. The number of para-hydroxylation sites is 2. The molecule has 0 saturated carbocycles. The number of aromatic amines is 1. The lowest BCUT2D eigenvalue weighted by atomic mass is 9.86. The lowest BCUT2D eigenvalue weighted by Gasteiger charge is -2.46. The van der Waals surface area contributed by atoms with Gasteiger partial charge < -0.3 is 29.2 Å². The van der Waals surface area contributed by atoms with Gasteiger partial charge in [-0.05, 0) is 37.5 Å². The SMILES string of the molecule is COc1c(OCCN(CCCF)C(=O)O)cccc1[C@@H]1c2[nH]c3ccccc3c2C[C@@H](C)N1CC1(F)COC1. The average Bonchev–Trinajstić information content (AvgIpc) is 3.27. The summed E-state index contributed by atoms with van der Waals surface area (Å²) in [5.41, 5.74) is 2.63. The van der Waals surface area contributed by atoms with Gasteiger partial charge in [0.15, 0.2) is 17.2 Å². The maximum atomic E-state index is 15.5. The van der Waals surface area contributed by atoms with Gasteiger partial charge in [-0.1, -0.05) is 30.3 Å². The van der Waals surface area contributed by atoms with Gasteiger partial charge >= 0.3 is 6.09 Å². The zero-order valence-corrected chi connectivity index (χ0v) is 22.3. The second-order valence-electron chi connectivity index (χ2n) is 10.4. The Morgan fingerprint density at radius 1 is 1.23 bits per heavy atom. The number of hydrogen-bond donors (Lipinski definition) is 2. The number of aromatic nitrogens is 1. The van der Waals surface area contributed by atoms with Gasteiger partial charge in [0.05, 0.1) is 39.6 Å². The molecule has 39 heavy (non-hydrogen) atoms. The van der Waals surface area contributed by atoms with Gasteiger partial charge in [0.2, 0.25) is 0 Å². The van der Waals surface area contributed by atoms with Crippen molar-refractivity contribution in [1.29, 1.82) is 0 Å². The van der Waals surface area contributed by atoms with Crippen molar-refractivity contribution < 1.29 is 32.9 Å². The summed E-state index contributed by atoms with van der Waals surface area (Å²) in [7, 11) is 1.57. The molecular formula is C29H35F2N3O5. The second kappa shape index (κ2) is 11.4. The Hall–Kier alpha value is -3.37. The van der Waals surface area contributed by atoms with Crippen molar-refractivity contribution in [1.82, 2.24) is 14.8 Å². The number of halogens is 2. The molecule has 0 unspecified atom stereocenters. The van der Waals surface area contributed by atoms with Crippen molar-refractivity contribution in [3.05, 3.63) is 59.3 Å². The fraction of sp³-hybridized carbons (Fsp3) is 0.483. The summed E-state index contributed by atoms with van der Waals surface area (Å²) >= 11 is 0. The third-order valence-corrected chi connectivity index (χ3v) is 7.66. The van der Waals surface area contributed by atoms with E-state index in [1.807, 2.05) is 30.3 Å².